The highest BCUT2D eigenvalue weighted by Gasteiger charge is 2.45. The minimum Gasteiger partial charge on any atom is -0.481 e. The van der Waals surface area contributed by atoms with E-state index in [1.807, 2.05) is 48.8 Å². The molecule has 0 saturated carbocycles. The molecule has 9 heteroatoms. The smallest absolute Gasteiger partial charge is 0.410 e. The number of hydrogen-bond acceptors (Lipinski definition) is 6. The maximum absolute atomic E-state index is 15.1. The number of carbonyl (C=O) groups is 1. The molecule has 3 aromatic rings. The van der Waals surface area contributed by atoms with Gasteiger partial charge in [0.1, 0.15) is 11.2 Å². The molecule has 0 aliphatic carbocycles. The first-order valence-corrected chi connectivity index (χ1v) is 11.2. The molecule has 2 atom stereocenters. The lowest BCUT2D eigenvalue weighted by Crippen LogP contribution is -2.57. The summed E-state index contributed by atoms with van der Waals surface area (Å²) in [6.07, 6.45) is 4.40. The van der Waals surface area contributed by atoms with Crippen molar-refractivity contribution in [1.82, 2.24) is 19.9 Å². The van der Waals surface area contributed by atoms with Crippen molar-refractivity contribution < 1.29 is 18.7 Å². The third-order valence-corrected chi connectivity index (χ3v) is 6.24. The fourth-order valence-electron chi connectivity index (χ4n) is 4.90. The standard InChI is InChI=1S/C24H28FN5O3/c1-24(2,3)33-23(31)30-15-5-6-16(30)13-29(12-15)21-17-10-19(28-22(17)27-11-18(21)25)14-7-8-26-20(9-14)32-4/h7-11,15-16H,5-6,12-13H2,1-4H3,(H,27,28). The van der Waals surface area contributed by atoms with Crippen LogP contribution in [0, 0.1) is 5.82 Å². The number of hydrogen-bond donors (Lipinski definition) is 1. The van der Waals surface area contributed by atoms with Crippen LogP contribution in [0.25, 0.3) is 22.3 Å². The Labute approximate surface area is 191 Å². The number of anilines is 1. The molecule has 2 aliphatic rings. The number of aromatic nitrogens is 3. The van der Waals surface area contributed by atoms with Gasteiger partial charge in [-0.25, -0.2) is 19.2 Å². The minimum absolute atomic E-state index is 0.0101. The van der Waals surface area contributed by atoms with Gasteiger partial charge in [0, 0.05) is 42.0 Å². The molecule has 0 aromatic carbocycles. The van der Waals surface area contributed by atoms with Crippen LogP contribution in [0.1, 0.15) is 33.6 Å². The van der Waals surface area contributed by atoms with E-state index in [4.69, 9.17) is 9.47 Å². The van der Waals surface area contributed by atoms with Gasteiger partial charge in [-0.15, -0.1) is 0 Å². The molecule has 2 saturated heterocycles. The van der Waals surface area contributed by atoms with Crippen molar-refractivity contribution >= 4 is 22.8 Å². The van der Waals surface area contributed by atoms with Crippen LogP contribution in [-0.4, -0.2) is 63.8 Å². The molecule has 8 nitrogen and oxygen atoms in total. The van der Waals surface area contributed by atoms with Crippen molar-refractivity contribution in [2.75, 3.05) is 25.1 Å². The predicted octanol–water partition coefficient (Wildman–Crippen LogP) is 4.36. The molecule has 174 valence electrons. The number of aromatic amines is 1. The summed E-state index contributed by atoms with van der Waals surface area (Å²) in [5.41, 5.74) is 2.26. The zero-order chi connectivity index (χ0) is 23.3. The Morgan fingerprint density at radius 1 is 1.18 bits per heavy atom. The van der Waals surface area contributed by atoms with E-state index < -0.39 is 5.60 Å². The number of nitrogens with one attached hydrogen (secondary N) is 1. The monoisotopic (exact) mass is 453 g/mol. The van der Waals surface area contributed by atoms with Crippen LogP contribution in [0.5, 0.6) is 5.88 Å². The average molecular weight is 454 g/mol. The molecule has 5 rings (SSSR count). The number of nitrogens with zero attached hydrogens (tertiary/aromatic N) is 4. The Balaban J connectivity index is 1.46. The van der Waals surface area contributed by atoms with Gasteiger partial charge in [0.2, 0.25) is 5.88 Å². The van der Waals surface area contributed by atoms with Gasteiger partial charge in [-0.3, -0.25) is 4.90 Å². The molecule has 2 unspecified atom stereocenters. The van der Waals surface area contributed by atoms with Gasteiger partial charge in [-0.2, -0.15) is 0 Å². The summed E-state index contributed by atoms with van der Waals surface area (Å²) in [4.78, 5) is 28.4. The lowest BCUT2D eigenvalue weighted by Gasteiger charge is -2.42. The van der Waals surface area contributed by atoms with E-state index >= 15 is 4.39 Å². The number of halogens is 1. The summed E-state index contributed by atoms with van der Waals surface area (Å²) in [6.45, 7) is 6.71. The maximum Gasteiger partial charge on any atom is 0.410 e. The fourth-order valence-corrected chi connectivity index (χ4v) is 4.90. The quantitative estimate of drug-likeness (QED) is 0.634. The zero-order valence-corrected chi connectivity index (χ0v) is 19.3. The van der Waals surface area contributed by atoms with E-state index in [-0.39, 0.29) is 24.0 Å². The number of H-pyrrole nitrogens is 1. The first-order valence-electron chi connectivity index (χ1n) is 11.2. The minimum atomic E-state index is -0.547. The van der Waals surface area contributed by atoms with E-state index in [0.29, 0.717) is 35.7 Å². The second kappa shape index (κ2) is 7.90. The number of amides is 1. The van der Waals surface area contributed by atoms with Crippen LogP contribution in [0.3, 0.4) is 0 Å². The summed E-state index contributed by atoms with van der Waals surface area (Å²) in [7, 11) is 1.57. The van der Waals surface area contributed by atoms with Gasteiger partial charge in [-0.05, 0) is 45.7 Å². The number of rotatable bonds is 3. The number of carbonyl (C=O) groups excluding carboxylic acids is 1. The van der Waals surface area contributed by atoms with Crippen LogP contribution < -0.4 is 9.64 Å². The van der Waals surface area contributed by atoms with Crippen molar-refractivity contribution in [2.45, 2.75) is 51.3 Å². The molecular weight excluding hydrogens is 425 g/mol. The maximum atomic E-state index is 15.1. The van der Waals surface area contributed by atoms with Crippen LogP contribution in [-0.2, 0) is 4.74 Å². The lowest BCUT2D eigenvalue weighted by molar-refractivity contribution is 0.0123. The molecule has 0 spiro atoms. The molecule has 2 bridgehead atoms. The first-order chi connectivity index (χ1) is 15.7. The van der Waals surface area contributed by atoms with Gasteiger partial charge in [0.25, 0.3) is 0 Å². The SMILES string of the molecule is COc1cc(-c2cc3c(N4CC5CCC(C4)N5C(=O)OC(C)(C)C)c(F)cnc3[nH]2)ccn1. The van der Waals surface area contributed by atoms with Crippen LogP contribution >= 0.6 is 0 Å². The van der Waals surface area contributed by atoms with Gasteiger partial charge in [0.15, 0.2) is 5.82 Å². The highest BCUT2D eigenvalue weighted by Crippen LogP contribution is 2.38. The normalized spacial score (nSPS) is 20.4. The van der Waals surface area contributed by atoms with Crippen LogP contribution in [0.2, 0.25) is 0 Å². The molecule has 1 amide bonds. The zero-order valence-electron chi connectivity index (χ0n) is 19.3. The summed E-state index contributed by atoms with van der Waals surface area (Å²) in [5, 5.41) is 0.714. The third kappa shape index (κ3) is 3.96. The van der Waals surface area contributed by atoms with E-state index in [0.717, 1.165) is 24.1 Å². The Bertz CT molecular complexity index is 1190. The van der Waals surface area contributed by atoms with Crippen molar-refractivity contribution in [2.24, 2.45) is 0 Å². The number of methoxy groups -OCH3 is 1. The Kier molecular flexibility index (Phi) is 5.14. The highest BCUT2D eigenvalue weighted by atomic mass is 19.1. The molecule has 3 aromatic heterocycles. The Morgan fingerprint density at radius 2 is 1.91 bits per heavy atom. The summed E-state index contributed by atoms with van der Waals surface area (Å²) < 4.78 is 26.0. The van der Waals surface area contributed by atoms with E-state index in [1.54, 1.807) is 13.3 Å². The molecule has 33 heavy (non-hydrogen) atoms. The number of piperazine rings is 1. The van der Waals surface area contributed by atoms with Gasteiger partial charge >= 0.3 is 6.09 Å². The average Bonchev–Trinajstić information content (AvgIpc) is 3.31. The van der Waals surface area contributed by atoms with E-state index in [2.05, 4.69) is 15.0 Å². The van der Waals surface area contributed by atoms with Crippen molar-refractivity contribution in [3.05, 3.63) is 36.4 Å². The summed E-state index contributed by atoms with van der Waals surface area (Å²) in [5.74, 6) is 0.130. The number of fused-ring (bicyclic) bond motifs is 3. The second-order valence-electron chi connectivity index (χ2n) is 9.66. The topological polar surface area (TPSA) is 83.6 Å². The number of ether oxygens (including phenoxy) is 2. The van der Waals surface area contributed by atoms with Gasteiger partial charge in [0.05, 0.1) is 31.1 Å². The Hall–Kier alpha value is -3.36. The molecule has 0 radical (unpaired) electrons. The number of pyridine rings is 2. The van der Waals surface area contributed by atoms with Crippen molar-refractivity contribution in [1.29, 1.82) is 0 Å². The van der Waals surface area contributed by atoms with E-state index in [1.165, 1.54) is 6.20 Å². The summed E-state index contributed by atoms with van der Waals surface area (Å²) >= 11 is 0. The predicted molar refractivity (Wildman–Crippen MR) is 123 cm³/mol. The molecule has 1 N–H and O–H groups in total. The van der Waals surface area contributed by atoms with Crippen LogP contribution in [0.4, 0.5) is 14.9 Å². The second-order valence-corrected chi connectivity index (χ2v) is 9.66. The van der Waals surface area contributed by atoms with Crippen molar-refractivity contribution in [3.63, 3.8) is 0 Å². The van der Waals surface area contributed by atoms with Crippen molar-refractivity contribution in [3.8, 4) is 17.1 Å². The van der Waals surface area contributed by atoms with Crippen LogP contribution in [0.15, 0.2) is 30.6 Å². The molecular formula is C24H28FN5O3. The molecule has 2 fully saturated rings. The largest absolute Gasteiger partial charge is 0.481 e. The Morgan fingerprint density at radius 3 is 2.58 bits per heavy atom. The molecule has 2 aliphatic heterocycles. The summed E-state index contributed by atoms with van der Waals surface area (Å²) in [6, 6.07) is 5.58. The van der Waals surface area contributed by atoms with Gasteiger partial charge < -0.3 is 19.4 Å². The fraction of sp³-hybridized carbons (Fsp3) is 0.458. The van der Waals surface area contributed by atoms with Gasteiger partial charge in [-0.1, -0.05) is 0 Å². The highest BCUT2D eigenvalue weighted by molar-refractivity contribution is 5.94. The first kappa shape index (κ1) is 21.5. The van der Waals surface area contributed by atoms with E-state index in [9.17, 15) is 4.79 Å². The molecule has 5 heterocycles. The lowest BCUT2D eigenvalue weighted by atomic mass is 10.1. The third-order valence-electron chi connectivity index (χ3n) is 6.24.